The Morgan fingerprint density at radius 2 is 1.68 bits per heavy atom. The van der Waals surface area contributed by atoms with E-state index in [1.807, 2.05) is 0 Å². The van der Waals surface area contributed by atoms with E-state index in [9.17, 15) is 0 Å². The van der Waals surface area contributed by atoms with E-state index in [0.29, 0.717) is 5.92 Å². The van der Waals surface area contributed by atoms with Crippen molar-refractivity contribution in [3.63, 3.8) is 0 Å². The number of hydrogen-bond donors (Lipinski definition) is 0. The molecule has 0 atom stereocenters. The van der Waals surface area contributed by atoms with Crippen molar-refractivity contribution in [3.8, 4) is 5.69 Å². The molecule has 146 valence electrons. The van der Waals surface area contributed by atoms with E-state index in [0.717, 1.165) is 16.7 Å². The van der Waals surface area contributed by atoms with Crippen molar-refractivity contribution in [2.45, 2.75) is 69.7 Å². The topological polar surface area (TPSA) is 30.7 Å². The number of nitrogens with zero attached hydrogens (tertiary/aromatic N) is 3. The molecule has 0 aliphatic heterocycles. The molecule has 0 amide bonds. The van der Waals surface area contributed by atoms with E-state index in [4.69, 9.17) is 5.10 Å². The molecule has 0 bridgehead atoms. The zero-order valence-corrected chi connectivity index (χ0v) is 17.9. The SMILES string of the molecule is Cc1ccc(CSc2nnc(C3CCCCC3)n2-c2ccccc2C)cc1C. The number of aryl methyl sites for hydroxylation is 3. The molecule has 1 heterocycles. The monoisotopic (exact) mass is 391 g/mol. The third-order valence-electron chi connectivity index (χ3n) is 5.92. The molecule has 0 saturated heterocycles. The third kappa shape index (κ3) is 4.02. The van der Waals surface area contributed by atoms with E-state index < -0.39 is 0 Å². The van der Waals surface area contributed by atoms with Crippen LogP contribution in [-0.2, 0) is 5.75 Å². The highest BCUT2D eigenvalue weighted by atomic mass is 32.2. The lowest BCUT2D eigenvalue weighted by Crippen LogP contribution is -2.12. The minimum Gasteiger partial charge on any atom is -0.274 e. The van der Waals surface area contributed by atoms with Crippen LogP contribution < -0.4 is 0 Å². The van der Waals surface area contributed by atoms with E-state index in [1.54, 1.807) is 11.8 Å². The number of rotatable bonds is 5. The Balaban J connectivity index is 1.67. The molecule has 28 heavy (non-hydrogen) atoms. The van der Waals surface area contributed by atoms with Crippen LogP contribution in [0.5, 0.6) is 0 Å². The number of benzene rings is 2. The summed E-state index contributed by atoms with van der Waals surface area (Å²) < 4.78 is 2.33. The number of aromatic nitrogens is 3. The number of para-hydroxylation sites is 1. The van der Waals surface area contributed by atoms with Crippen molar-refractivity contribution >= 4 is 11.8 Å². The van der Waals surface area contributed by atoms with Gasteiger partial charge in [0.05, 0.1) is 5.69 Å². The second-order valence-corrected chi connectivity index (χ2v) is 8.95. The fraction of sp³-hybridized carbons (Fsp3) is 0.417. The minimum atomic E-state index is 0.525. The van der Waals surface area contributed by atoms with Crippen LogP contribution in [0.4, 0.5) is 0 Å². The zero-order chi connectivity index (χ0) is 19.5. The molecule has 0 radical (unpaired) electrons. The van der Waals surface area contributed by atoms with Crippen LogP contribution in [0.1, 0.15) is 66.1 Å². The van der Waals surface area contributed by atoms with Gasteiger partial charge in [0.25, 0.3) is 0 Å². The molecule has 2 aromatic carbocycles. The molecule has 4 rings (SSSR count). The smallest absolute Gasteiger partial charge is 0.196 e. The summed E-state index contributed by atoms with van der Waals surface area (Å²) in [7, 11) is 0. The van der Waals surface area contributed by atoms with Gasteiger partial charge in [0.2, 0.25) is 0 Å². The van der Waals surface area contributed by atoms with E-state index in [2.05, 4.69) is 72.9 Å². The highest BCUT2D eigenvalue weighted by Gasteiger charge is 2.25. The summed E-state index contributed by atoms with van der Waals surface area (Å²) in [6.07, 6.45) is 6.41. The molecular formula is C24H29N3S. The maximum atomic E-state index is 4.69. The van der Waals surface area contributed by atoms with Gasteiger partial charge < -0.3 is 0 Å². The lowest BCUT2D eigenvalue weighted by atomic mass is 9.88. The maximum Gasteiger partial charge on any atom is 0.196 e. The standard InChI is InChI=1S/C24H29N3S/c1-17-13-14-20(15-19(17)3)16-28-24-26-25-23(21-10-5-4-6-11-21)27(24)22-12-8-7-9-18(22)2/h7-9,12-15,21H,4-6,10-11,16H2,1-3H3. The highest BCUT2D eigenvalue weighted by molar-refractivity contribution is 7.98. The first-order chi connectivity index (χ1) is 13.6. The average Bonchev–Trinajstić information content (AvgIpc) is 3.13. The third-order valence-corrected chi connectivity index (χ3v) is 6.92. The Morgan fingerprint density at radius 3 is 2.43 bits per heavy atom. The van der Waals surface area contributed by atoms with Crippen molar-refractivity contribution in [1.82, 2.24) is 14.8 Å². The van der Waals surface area contributed by atoms with Crippen LogP contribution in [0, 0.1) is 20.8 Å². The molecule has 0 N–H and O–H groups in total. The largest absolute Gasteiger partial charge is 0.274 e. The van der Waals surface area contributed by atoms with Crippen LogP contribution >= 0.6 is 11.8 Å². The second kappa shape index (κ2) is 8.52. The lowest BCUT2D eigenvalue weighted by Gasteiger charge is -2.22. The molecule has 1 aliphatic rings. The second-order valence-electron chi connectivity index (χ2n) is 8.00. The first kappa shape index (κ1) is 19.3. The highest BCUT2D eigenvalue weighted by Crippen LogP contribution is 2.36. The van der Waals surface area contributed by atoms with Gasteiger partial charge in [-0.2, -0.15) is 0 Å². The first-order valence-corrected chi connectivity index (χ1v) is 11.3. The van der Waals surface area contributed by atoms with Gasteiger partial charge in [0.15, 0.2) is 5.16 Å². The van der Waals surface area contributed by atoms with Crippen molar-refractivity contribution in [2.75, 3.05) is 0 Å². The molecule has 1 aliphatic carbocycles. The Hall–Kier alpha value is -2.07. The van der Waals surface area contributed by atoms with Crippen LogP contribution in [0.3, 0.4) is 0 Å². The van der Waals surface area contributed by atoms with Crippen LogP contribution in [0.25, 0.3) is 5.69 Å². The molecule has 3 nitrogen and oxygen atoms in total. The molecule has 4 heteroatoms. The predicted octanol–water partition coefficient (Wildman–Crippen LogP) is 6.53. The van der Waals surface area contributed by atoms with Gasteiger partial charge in [-0.25, -0.2) is 0 Å². The van der Waals surface area contributed by atoms with Gasteiger partial charge in [-0.3, -0.25) is 4.57 Å². The summed E-state index contributed by atoms with van der Waals surface area (Å²) in [5, 5.41) is 10.3. The molecule has 1 fully saturated rings. The fourth-order valence-electron chi connectivity index (χ4n) is 4.08. The molecule has 1 saturated carbocycles. The maximum absolute atomic E-state index is 4.69. The lowest BCUT2D eigenvalue weighted by molar-refractivity contribution is 0.423. The van der Waals surface area contributed by atoms with E-state index in [1.165, 1.54) is 60.0 Å². The van der Waals surface area contributed by atoms with Gasteiger partial charge >= 0.3 is 0 Å². The fourth-order valence-corrected chi connectivity index (χ4v) is 4.98. The zero-order valence-electron chi connectivity index (χ0n) is 17.1. The molecule has 0 spiro atoms. The van der Waals surface area contributed by atoms with Crippen molar-refractivity contribution in [2.24, 2.45) is 0 Å². The van der Waals surface area contributed by atoms with Gasteiger partial charge in [-0.15, -0.1) is 10.2 Å². The Labute approximate surface area is 172 Å². The summed E-state index contributed by atoms with van der Waals surface area (Å²) in [5.74, 6) is 2.59. The predicted molar refractivity (Wildman–Crippen MR) is 117 cm³/mol. The van der Waals surface area contributed by atoms with Gasteiger partial charge in [0, 0.05) is 11.7 Å². The summed E-state index contributed by atoms with van der Waals surface area (Å²) in [5.41, 5.74) is 6.52. The van der Waals surface area contributed by atoms with Crippen LogP contribution in [-0.4, -0.2) is 14.8 Å². The Bertz CT molecular complexity index is 954. The van der Waals surface area contributed by atoms with Gasteiger partial charge in [-0.1, -0.05) is 67.4 Å². The van der Waals surface area contributed by atoms with Crippen molar-refractivity contribution in [1.29, 1.82) is 0 Å². The van der Waals surface area contributed by atoms with E-state index in [-0.39, 0.29) is 0 Å². The van der Waals surface area contributed by atoms with Gasteiger partial charge in [-0.05, 0) is 61.9 Å². The van der Waals surface area contributed by atoms with E-state index >= 15 is 0 Å². The quantitative estimate of drug-likeness (QED) is 0.463. The number of hydrogen-bond acceptors (Lipinski definition) is 3. The van der Waals surface area contributed by atoms with Crippen molar-refractivity contribution in [3.05, 3.63) is 70.5 Å². The summed E-state index contributed by atoms with van der Waals surface area (Å²) in [4.78, 5) is 0. The van der Waals surface area contributed by atoms with Gasteiger partial charge in [0.1, 0.15) is 5.82 Å². The Kier molecular flexibility index (Phi) is 5.86. The normalized spacial score (nSPS) is 15.1. The molecule has 3 aromatic rings. The first-order valence-electron chi connectivity index (χ1n) is 10.3. The summed E-state index contributed by atoms with van der Waals surface area (Å²) in [6, 6.07) is 15.3. The van der Waals surface area contributed by atoms with Crippen molar-refractivity contribution < 1.29 is 0 Å². The number of thioether (sulfide) groups is 1. The minimum absolute atomic E-state index is 0.525. The van der Waals surface area contributed by atoms with Crippen LogP contribution in [0.2, 0.25) is 0 Å². The summed E-state index contributed by atoms with van der Waals surface area (Å²) in [6.45, 7) is 6.52. The Morgan fingerprint density at radius 1 is 0.893 bits per heavy atom. The molecule has 0 unspecified atom stereocenters. The van der Waals surface area contributed by atoms with Crippen LogP contribution in [0.15, 0.2) is 47.6 Å². The summed E-state index contributed by atoms with van der Waals surface area (Å²) >= 11 is 1.79. The molecule has 1 aromatic heterocycles. The average molecular weight is 392 g/mol. The molecular weight excluding hydrogens is 362 g/mol.